The van der Waals surface area contributed by atoms with E-state index in [1.54, 1.807) is 0 Å². The molecule has 1 aromatic heterocycles. The second kappa shape index (κ2) is 5.91. The number of nitrogens with two attached hydrogens (primary N) is 1. The number of thiophene rings is 1. The molecule has 19 heavy (non-hydrogen) atoms. The monoisotopic (exact) mass is 302 g/mol. The minimum Gasteiger partial charge on any atom is -0.326 e. The summed E-state index contributed by atoms with van der Waals surface area (Å²) in [7, 11) is -3.44. The number of sulfonamides is 1. The van der Waals surface area contributed by atoms with Crippen LogP contribution >= 0.6 is 11.3 Å². The maximum Gasteiger partial charge on any atom is 0.242 e. The van der Waals surface area contributed by atoms with E-state index in [2.05, 4.69) is 11.6 Å². The first-order chi connectivity index (χ1) is 8.95. The van der Waals surface area contributed by atoms with E-state index in [0.29, 0.717) is 10.8 Å². The van der Waals surface area contributed by atoms with E-state index in [4.69, 9.17) is 5.73 Å². The Bertz CT molecular complexity index is 537. The summed E-state index contributed by atoms with van der Waals surface area (Å²) in [6, 6.07) is 0.0590. The molecule has 0 amide bonds. The van der Waals surface area contributed by atoms with Gasteiger partial charge in [0.2, 0.25) is 10.0 Å². The van der Waals surface area contributed by atoms with Gasteiger partial charge >= 0.3 is 0 Å². The van der Waals surface area contributed by atoms with Crippen molar-refractivity contribution in [3.05, 3.63) is 15.8 Å². The van der Waals surface area contributed by atoms with Gasteiger partial charge < -0.3 is 5.73 Å². The quantitative estimate of drug-likeness (QED) is 0.897. The van der Waals surface area contributed by atoms with Crippen molar-refractivity contribution in [2.24, 2.45) is 11.7 Å². The summed E-state index contributed by atoms with van der Waals surface area (Å²) in [6.07, 6.45) is 4.33. The fraction of sp³-hybridized carbons (Fsp3) is 0.692. The van der Waals surface area contributed by atoms with E-state index in [0.717, 1.165) is 29.7 Å². The van der Waals surface area contributed by atoms with Crippen LogP contribution in [0.4, 0.5) is 0 Å². The molecule has 0 radical (unpaired) electrons. The molecule has 0 aliphatic heterocycles. The van der Waals surface area contributed by atoms with E-state index in [9.17, 15) is 8.42 Å². The summed E-state index contributed by atoms with van der Waals surface area (Å²) in [5.41, 5.74) is 6.43. The summed E-state index contributed by atoms with van der Waals surface area (Å²) in [5, 5.41) is 1.86. The van der Waals surface area contributed by atoms with Crippen molar-refractivity contribution in [3.63, 3.8) is 0 Å². The number of hydrogen-bond donors (Lipinski definition) is 2. The largest absolute Gasteiger partial charge is 0.326 e. The summed E-state index contributed by atoms with van der Waals surface area (Å²) >= 11 is 1.42. The van der Waals surface area contributed by atoms with Crippen LogP contribution in [0.2, 0.25) is 0 Å². The van der Waals surface area contributed by atoms with Crippen molar-refractivity contribution in [1.29, 1.82) is 0 Å². The summed E-state index contributed by atoms with van der Waals surface area (Å²) in [4.78, 5) is 1.14. The van der Waals surface area contributed by atoms with Crippen molar-refractivity contribution in [3.8, 4) is 0 Å². The molecule has 0 bridgehead atoms. The number of rotatable bonds is 4. The van der Waals surface area contributed by atoms with Gasteiger partial charge in [-0.25, -0.2) is 13.1 Å². The Kier molecular flexibility index (Phi) is 4.66. The number of hydrogen-bond acceptors (Lipinski definition) is 4. The predicted octanol–water partition coefficient (Wildman–Crippen LogP) is 2.37. The molecule has 108 valence electrons. The molecular formula is C13H22N2O2S2. The van der Waals surface area contributed by atoms with E-state index < -0.39 is 10.0 Å². The Morgan fingerprint density at radius 2 is 2.11 bits per heavy atom. The maximum absolute atomic E-state index is 12.5. The smallest absolute Gasteiger partial charge is 0.242 e. The van der Waals surface area contributed by atoms with E-state index in [1.807, 2.05) is 12.3 Å². The van der Waals surface area contributed by atoms with E-state index in [1.165, 1.54) is 17.8 Å². The highest BCUT2D eigenvalue weighted by Gasteiger charge is 2.29. The highest BCUT2D eigenvalue weighted by atomic mass is 32.2. The lowest BCUT2D eigenvalue weighted by Gasteiger charge is -2.29. The van der Waals surface area contributed by atoms with Gasteiger partial charge in [0.1, 0.15) is 4.90 Å². The summed E-state index contributed by atoms with van der Waals surface area (Å²) < 4.78 is 28.0. The molecule has 0 spiro atoms. The molecule has 2 unspecified atom stereocenters. The second-order valence-corrected chi connectivity index (χ2v) is 7.98. The van der Waals surface area contributed by atoms with Crippen molar-refractivity contribution < 1.29 is 8.42 Å². The molecule has 1 aliphatic rings. The first-order valence-electron chi connectivity index (χ1n) is 6.75. The van der Waals surface area contributed by atoms with Crippen molar-refractivity contribution >= 4 is 21.4 Å². The molecule has 3 N–H and O–H groups in total. The van der Waals surface area contributed by atoms with Gasteiger partial charge in [0, 0.05) is 17.5 Å². The second-order valence-electron chi connectivity index (χ2n) is 5.36. The van der Waals surface area contributed by atoms with Gasteiger partial charge in [-0.15, -0.1) is 11.3 Å². The molecule has 1 fully saturated rings. The van der Waals surface area contributed by atoms with Crippen LogP contribution in [0.1, 0.15) is 43.0 Å². The van der Waals surface area contributed by atoms with Crippen molar-refractivity contribution in [2.45, 2.75) is 57.0 Å². The zero-order valence-electron chi connectivity index (χ0n) is 11.5. The third kappa shape index (κ3) is 3.18. The minimum absolute atomic E-state index is 0.0590. The summed E-state index contributed by atoms with van der Waals surface area (Å²) in [5.74, 6) is 0.406. The standard InChI is InChI=1S/C13H22N2O2S2/c1-9-5-3-4-6-11(9)15-19(16,17)13-10(2)8-18-12(13)7-14/h8-9,11,15H,3-7,14H2,1-2H3. The van der Waals surface area contributed by atoms with Crippen LogP contribution in [0, 0.1) is 12.8 Å². The number of aryl methyl sites for hydroxylation is 1. The maximum atomic E-state index is 12.5. The van der Waals surface area contributed by atoms with E-state index in [-0.39, 0.29) is 12.6 Å². The average molecular weight is 302 g/mol. The molecule has 1 saturated carbocycles. The van der Waals surface area contributed by atoms with Gasteiger partial charge in [-0.2, -0.15) is 0 Å². The topological polar surface area (TPSA) is 72.2 Å². The molecule has 4 nitrogen and oxygen atoms in total. The van der Waals surface area contributed by atoms with Gasteiger partial charge in [-0.05, 0) is 36.6 Å². The molecule has 2 rings (SSSR count). The fourth-order valence-corrected chi connectivity index (χ4v) is 5.82. The van der Waals surface area contributed by atoms with Crippen molar-refractivity contribution in [2.75, 3.05) is 0 Å². The fourth-order valence-electron chi connectivity index (χ4n) is 2.74. The van der Waals surface area contributed by atoms with Crippen LogP contribution in [0.5, 0.6) is 0 Å². The zero-order valence-corrected chi connectivity index (χ0v) is 13.1. The highest BCUT2D eigenvalue weighted by molar-refractivity contribution is 7.89. The van der Waals surface area contributed by atoms with Crippen LogP contribution in [0.15, 0.2) is 10.3 Å². The van der Waals surface area contributed by atoms with Crippen molar-refractivity contribution in [1.82, 2.24) is 4.72 Å². The Balaban J connectivity index is 2.24. The van der Waals surface area contributed by atoms with E-state index >= 15 is 0 Å². The van der Waals surface area contributed by atoms with Crippen LogP contribution in [-0.4, -0.2) is 14.5 Å². The molecule has 2 atom stereocenters. The molecular weight excluding hydrogens is 280 g/mol. The Hall–Kier alpha value is -0.430. The Morgan fingerprint density at radius 1 is 1.42 bits per heavy atom. The highest BCUT2D eigenvalue weighted by Crippen LogP contribution is 2.29. The normalized spacial score (nSPS) is 24.6. The summed E-state index contributed by atoms with van der Waals surface area (Å²) in [6.45, 7) is 4.22. The van der Waals surface area contributed by atoms with Crippen LogP contribution < -0.4 is 10.5 Å². The first kappa shape index (κ1) is 15.0. The molecule has 1 heterocycles. The molecule has 6 heteroatoms. The SMILES string of the molecule is Cc1csc(CN)c1S(=O)(=O)NC1CCCCC1C. The molecule has 0 aromatic carbocycles. The van der Waals surface area contributed by atoms with Gasteiger partial charge in [-0.1, -0.05) is 19.8 Å². The lowest BCUT2D eigenvalue weighted by molar-refractivity contribution is 0.310. The Morgan fingerprint density at radius 3 is 2.74 bits per heavy atom. The lowest BCUT2D eigenvalue weighted by atomic mass is 9.87. The molecule has 1 aliphatic carbocycles. The predicted molar refractivity (Wildman–Crippen MR) is 78.7 cm³/mol. The lowest BCUT2D eigenvalue weighted by Crippen LogP contribution is -2.41. The van der Waals surface area contributed by atoms with Crippen LogP contribution in [-0.2, 0) is 16.6 Å². The minimum atomic E-state index is -3.44. The third-order valence-corrected chi connectivity index (χ3v) is 6.84. The van der Waals surface area contributed by atoms with Gasteiger partial charge in [0.05, 0.1) is 0 Å². The van der Waals surface area contributed by atoms with Gasteiger partial charge in [0.15, 0.2) is 0 Å². The zero-order chi connectivity index (χ0) is 14.0. The molecule has 0 saturated heterocycles. The van der Waals surface area contributed by atoms with Crippen LogP contribution in [0.25, 0.3) is 0 Å². The van der Waals surface area contributed by atoms with Gasteiger partial charge in [0.25, 0.3) is 0 Å². The first-order valence-corrected chi connectivity index (χ1v) is 9.11. The Labute approximate surface area is 119 Å². The average Bonchev–Trinajstić information content (AvgIpc) is 2.74. The number of nitrogens with one attached hydrogen (secondary N) is 1. The third-order valence-electron chi connectivity index (χ3n) is 3.86. The van der Waals surface area contributed by atoms with Crippen LogP contribution in [0.3, 0.4) is 0 Å². The molecule has 1 aromatic rings. The van der Waals surface area contributed by atoms with Gasteiger partial charge in [-0.3, -0.25) is 0 Å².